The summed E-state index contributed by atoms with van der Waals surface area (Å²) in [6, 6.07) is 7.65. The normalized spacial score (nSPS) is 17.6. The molecule has 6 heteroatoms. The van der Waals surface area contributed by atoms with Crippen molar-refractivity contribution in [1.82, 2.24) is 10.2 Å². The highest BCUT2D eigenvalue weighted by molar-refractivity contribution is 6.30. The average molecular weight is 367 g/mol. The van der Waals surface area contributed by atoms with Crippen molar-refractivity contribution in [2.24, 2.45) is 5.92 Å². The van der Waals surface area contributed by atoms with Gasteiger partial charge >= 0.3 is 0 Å². The zero-order valence-electron chi connectivity index (χ0n) is 14.8. The van der Waals surface area contributed by atoms with Crippen LogP contribution in [0.25, 0.3) is 0 Å². The van der Waals surface area contributed by atoms with Crippen LogP contribution < -0.4 is 5.32 Å². The maximum Gasteiger partial charge on any atom is 0.224 e. The molecule has 1 aliphatic rings. The van der Waals surface area contributed by atoms with E-state index in [1.807, 2.05) is 36.1 Å². The van der Waals surface area contributed by atoms with Gasteiger partial charge in [-0.3, -0.25) is 9.59 Å². The summed E-state index contributed by atoms with van der Waals surface area (Å²) in [6.45, 7) is 5.07. The minimum absolute atomic E-state index is 0.0421. The molecule has 2 amide bonds. The maximum atomic E-state index is 12.3. The summed E-state index contributed by atoms with van der Waals surface area (Å²) in [7, 11) is 0. The van der Waals surface area contributed by atoms with Crippen LogP contribution in [-0.2, 0) is 20.7 Å². The van der Waals surface area contributed by atoms with E-state index in [-0.39, 0.29) is 17.7 Å². The highest BCUT2D eigenvalue weighted by Crippen LogP contribution is 2.19. The standard InChI is InChI=1S/C19H27ClN2O3/c1-2-25-13-3-11-21-19(24)16-6-9-18(23)22(14-16)12-10-15-4-7-17(20)8-5-15/h4-5,7-8,16H,2-3,6,9-14H2,1H3,(H,21,24)/t16-/m0/s1. The summed E-state index contributed by atoms with van der Waals surface area (Å²) < 4.78 is 5.26. The van der Waals surface area contributed by atoms with Crippen molar-refractivity contribution >= 4 is 23.4 Å². The van der Waals surface area contributed by atoms with Crippen LogP contribution in [0.4, 0.5) is 0 Å². The molecule has 138 valence electrons. The molecule has 0 aliphatic carbocycles. The minimum Gasteiger partial charge on any atom is -0.382 e. The smallest absolute Gasteiger partial charge is 0.224 e. The number of carbonyl (C=O) groups is 2. The van der Waals surface area contributed by atoms with Crippen molar-refractivity contribution in [2.75, 3.05) is 32.8 Å². The fourth-order valence-corrected chi connectivity index (χ4v) is 3.06. The first-order valence-electron chi connectivity index (χ1n) is 8.97. The molecule has 1 saturated heterocycles. The Balaban J connectivity index is 1.76. The van der Waals surface area contributed by atoms with E-state index in [2.05, 4.69) is 5.32 Å². The first-order valence-corrected chi connectivity index (χ1v) is 9.35. The van der Waals surface area contributed by atoms with Gasteiger partial charge < -0.3 is 15.0 Å². The molecule has 5 nitrogen and oxygen atoms in total. The van der Waals surface area contributed by atoms with Crippen molar-refractivity contribution in [3.63, 3.8) is 0 Å². The zero-order valence-corrected chi connectivity index (χ0v) is 15.6. The van der Waals surface area contributed by atoms with Gasteiger partial charge in [-0.1, -0.05) is 23.7 Å². The lowest BCUT2D eigenvalue weighted by Crippen LogP contribution is -2.46. The predicted molar refractivity (Wildman–Crippen MR) is 98.6 cm³/mol. The summed E-state index contributed by atoms with van der Waals surface area (Å²) in [6.07, 6.45) is 2.66. The SMILES string of the molecule is CCOCCCNC(=O)[C@H]1CCC(=O)N(CCc2ccc(Cl)cc2)C1. The molecule has 2 rings (SSSR count). The second-order valence-corrected chi connectivity index (χ2v) is 6.73. The maximum absolute atomic E-state index is 12.3. The van der Waals surface area contributed by atoms with E-state index in [1.54, 1.807) is 0 Å². The van der Waals surface area contributed by atoms with E-state index in [0.29, 0.717) is 50.7 Å². The van der Waals surface area contributed by atoms with E-state index in [1.165, 1.54) is 0 Å². The first-order chi connectivity index (χ1) is 12.1. The molecular formula is C19H27ClN2O3. The lowest BCUT2D eigenvalue weighted by molar-refractivity contribution is -0.138. The summed E-state index contributed by atoms with van der Waals surface area (Å²) in [5.74, 6) is 0.0601. The molecule has 25 heavy (non-hydrogen) atoms. The van der Waals surface area contributed by atoms with Crippen LogP contribution in [0, 0.1) is 5.92 Å². The van der Waals surface area contributed by atoms with E-state index >= 15 is 0 Å². The Labute approximate surface area is 154 Å². The quantitative estimate of drug-likeness (QED) is 0.683. The van der Waals surface area contributed by atoms with Crippen molar-refractivity contribution in [3.05, 3.63) is 34.9 Å². The second-order valence-electron chi connectivity index (χ2n) is 6.29. The number of hydrogen-bond donors (Lipinski definition) is 1. The Hall–Kier alpha value is -1.59. The van der Waals surface area contributed by atoms with Crippen LogP contribution in [0.1, 0.15) is 31.7 Å². The molecule has 1 aromatic rings. The largest absolute Gasteiger partial charge is 0.382 e. The van der Waals surface area contributed by atoms with Gasteiger partial charge in [-0.2, -0.15) is 0 Å². The van der Waals surface area contributed by atoms with Gasteiger partial charge in [0, 0.05) is 44.3 Å². The van der Waals surface area contributed by atoms with E-state index in [9.17, 15) is 9.59 Å². The Morgan fingerprint density at radius 3 is 2.84 bits per heavy atom. The third kappa shape index (κ3) is 6.67. The van der Waals surface area contributed by atoms with Gasteiger partial charge in [-0.25, -0.2) is 0 Å². The molecule has 1 N–H and O–H groups in total. The lowest BCUT2D eigenvalue weighted by atomic mass is 9.96. The van der Waals surface area contributed by atoms with Crippen LogP contribution in [0.15, 0.2) is 24.3 Å². The molecular weight excluding hydrogens is 340 g/mol. The van der Waals surface area contributed by atoms with Crippen molar-refractivity contribution < 1.29 is 14.3 Å². The number of amides is 2. The molecule has 0 bridgehead atoms. The average Bonchev–Trinajstić information content (AvgIpc) is 2.62. The Morgan fingerprint density at radius 2 is 2.12 bits per heavy atom. The monoisotopic (exact) mass is 366 g/mol. The van der Waals surface area contributed by atoms with Gasteiger partial charge in [0.05, 0.1) is 5.92 Å². The number of hydrogen-bond acceptors (Lipinski definition) is 3. The number of nitrogens with one attached hydrogen (secondary N) is 1. The van der Waals surface area contributed by atoms with Crippen LogP contribution in [0.5, 0.6) is 0 Å². The number of rotatable bonds is 9. The third-order valence-corrected chi connectivity index (χ3v) is 4.68. The number of carbonyl (C=O) groups excluding carboxylic acids is 2. The van der Waals surface area contributed by atoms with Crippen LogP contribution >= 0.6 is 11.6 Å². The lowest BCUT2D eigenvalue weighted by Gasteiger charge is -2.32. The fourth-order valence-electron chi connectivity index (χ4n) is 2.93. The number of benzene rings is 1. The van der Waals surface area contributed by atoms with Gasteiger partial charge in [-0.05, 0) is 43.9 Å². The van der Waals surface area contributed by atoms with Crippen molar-refractivity contribution in [3.8, 4) is 0 Å². The molecule has 1 aromatic carbocycles. The zero-order chi connectivity index (χ0) is 18.1. The molecule has 0 saturated carbocycles. The third-order valence-electron chi connectivity index (χ3n) is 4.42. The number of likely N-dealkylation sites (tertiary alicyclic amines) is 1. The molecule has 0 radical (unpaired) electrons. The van der Waals surface area contributed by atoms with Crippen LogP contribution in [0.2, 0.25) is 5.02 Å². The molecule has 1 fully saturated rings. The summed E-state index contributed by atoms with van der Waals surface area (Å²) in [5, 5.41) is 3.66. The summed E-state index contributed by atoms with van der Waals surface area (Å²) in [4.78, 5) is 26.2. The summed E-state index contributed by atoms with van der Waals surface area (Å²) in [5.41, 5.74) is 1.14. The molecule has 0 unspecified atom stereocenters. The van der Waals surface area contributed by atoms with E-state index in [4.69, 9.17) is 16.3 Å². The first kappa shape index (κ1) is 19.7. The highest BCUT2D eigenvalue weighted by atomic mass is 35.5. The van der Waals surface area contributed by atoms with Crippen molar-refractivity contribution in [1.29, 1.82) is 0 Å². The number of nitrogens with zero attached hydrogens (tertiary/aromatic N) is 1. The Kier molecular flexibility index (Phi) is 8.22. The topological polar surface area (TPSA) is 58.6 Å². The van der Waals surface area contributed by atoms with Crippen LogP contribution in [-0.4, -0.2) is 49.6 Å². The van der Waals surface area contributed by atoms with Gasteiger partial charge in [0.1, 0.15) is 0 Å². The minimum atomic E-state index is -0.116. The molecule has 0 spiro atoms. The number of halogens is 1. The molecule has 1 atom stereocenters. The van der Waals surface area contributed by atoms with Gasteiger partial charge in [0.25, 0.3) is 0 Å². The predicted octanol–water partition coefficient (Wildman–Crippen LogP) is 2.66. The molecule has 1 aliphatic heterocycles. The highest BCUT2D eigenvalue weighted by Gasteiger charge is 2.29. The summed E-state index contributed by atoms with van der Waals surface area (Å²) >= 11 is 5.89. The van der Waals surface area contributed by atoms with E-state index < -0.39 is 0 Å². The molecule has 0 aromatic heterocycles. The van der Waals surface area contributed by atoms with E-state index in [0.717, 1.165) is 18.4 Å². The molecule has 1 heterocycles. The van der Waals surface area contributed by atoms with Gasteiger partial charge in [-0.15, -0.1) is 0 Å². The number of ether oxygens (including phenoxy) is 1. The van der Waals surface area contributed by atoms with Gasteiger partial charge in [0.15, 0.2) is 0 Å². The Bertz CT molecular complexity index is 562. The number of piperidine rings is 1. The van der Waals surface area contributed by atoms with Gasteiger partial charge in [0.2, 0.25) is 11.8 Å². The van der Waals surface area contributed by atoms with Crippen LogP contribution in [0.3, 0.4) is 0 Å². The Morgan fingerprint density at radius 1 is 1.36 bits per heavy atom. The van der Waals surface area contributed by atoms with Crippen molar-refractivity contribution in [2.45, 2.75) is 32.6 Å². The fraction of sp³-hybridized carbons (Fsp3) is 0.579. The second kappa shape index (κ2) is 10.4.